The lowest BCUT2D eigenvalue weighted by molar-refractivity contribution is 0.413. The molecule has 0 saturated carbocycles. The van der Waals surface area contributed by atoms with Gasteiger partial charge in [0.15, 0.2) is 0 Å². The zero-order valence-corrected chi connectivity index (χ0v) is 26.7. The van der Waals surface area contributed by atoms with Gasteiger partial charge in [-0.1, -0.05) is 110 Å². The van der Waals surface area contributed by atoms with Gasteiger partial charge < -0.3 is 9.64 Å². The molecule has 41 heavy (non-hydrogen) atoms. The van der Waals surface area contributed by atoms with Crippen molar-refractivity contribution in [3.05, 3.63) is 143 Å². The van der Waals surface area contributed by atoms with Crippen molar-refractivity contribution in [2.75, 3.05) is 19.1 Å². The van der Waals surface area contributed by atoms with E-state index in [0.717, 1.165) is 23.1 Å². The largest absolute Gasteiger partial charge is 0.497 e. The molecule has 0 bridgehead atoms. The maximum atomic E-state index is 5.53. The average Bonchev–Trinajstić information content (AvgIpc) is 3.16. The lowest BCUT2D eigenvalue weighted by Crippen LogP contribution is -2.28. The summed E-state index contributed by atoms with van der Waals surface area (Å²) in [5, 5.41) is 3.39. The van der Waals surface area contributed by atoms with Crippen LogP contribution in [0.1, 0.15) is 48.6 Å². The van der Waals surface area contributed by atoms with Gasteiger partial charge in [-0.25, -0.2) is 0 Å². The number of aryl methyl sites for hydroxylation is 1. The van der Waals surface area contributed by atoms with Crippen molar-refractivity contribution in [1.82, 2.24) is 0 Å². The van der Waals surface area contributed by atoms with E-state index in [1.54, 1.807) is 7.11 Å². The highest BCUT2D eigenvalue weighted by Gasteiger charge is 2.38. The summed E-state index contributed by atoms with van der Waals surface area (Å²) in [5.74, 6) is 0.890. The fraction of sp³-hybridized carbons (Fsp3) is 0.263. The van der Waals surface area contributed by atoms with Crippen LogP contribution in [0.15, 0.2) is 115 Å². The Morgan fingerprint density at radius 2 is 1.63 bits per heavy atom. The molecule has 1 heterocycles. The number of halogens is 1. The number of anilines is 1. The molecule has 0 saturated heterocycles. The van der Waals surface area contributed by atoms with Gasteiger partial charge in [0.2, 0.25) is 0 Å². The predicted octanol–water partition coefficient (Wildman–Crippen LogP) is 9.98. The van der Waals surface area contributed by atoms with Gasteiger partial charge in [0.05, 0.1) is 7.11 Å². The van der Waals surface area contributed by atoms with E-state index in [2.05, 4.69) is 153 Å². The van der Waals surface area contributed by atoms with Crippen molar-refractivity contribution in [3.63, 3.8) is 0 Å². The first kappa shape index (κ1) is 29.0. The summed E-state index contributed by atoms with van der Waals surface area (Å²) in [6, 6.07) is 28.6. The summed E-state index contributed by atoms with van der Waals surface area (Å²) in [5.41, 5.74) is 9.61. The Morgan fingerprint density at radius 3 is 2.29 bits per heavy atom. The van der Waals surface area contributed by atoms with Gasteiger partial charge in [0, 0.05) is 34.6 Å². The summed E-state index contributed by atoms with van der Waals surface area (Å²) >= 11 is 3.58. The van der Waals surface area contributed by atoms with Gasteiger partial charge in [0.1, 0.15) is 5.75 Å². The Morgan fingerprint density at radius 1 is 0.976 bits per heavy atom. The van der Waals surface area contributed by atoms with Crippen molar-refractivity contribution >= 4 is 32.4 Å². The number of likely N-dealkylation sites (N-methyl/N-ethyl adjacent to an activating group) is 1. The highest BCUT2D eigenvalue weighted by molar-refractivity contribution is 9.08. The predicted molar refractivity (Wildman–Crippen MR) is 180 cm³/mol. The van der Waals surface area contributed by atoms with Crippen LogP contribution in [0.5, 0.6) is 5.75 Å². The molecule has 1 aliphatic heterocycles. The number of rotatable bonds is 8. The lowest BCUT2D eigenvalue weighted by Gasteiger charge is -2.33. The Hall–Kier alpha value is -3.56. The maximum absolute atomic E-state index is 5.53. The molecule has 0 fully saturated rings. The third kappa shape index (κ3) is 5.40. The molecule has 0 aromatic heterocycles. The van der Waals surface area contributed by atoms with Crippen molar-refractivity contribution in [1.29, 1.82) is 0 Å². The minimum absolute atomic E-state index is 0.139. The van der Waals surface area contributed by atoms with Crippen molar-refractivity contribution in [2.45, 2.75) is 50.3 Å². The molecule has 5 rings (SSSR count). The molecule has 0 N–H and O–H groups in total. The molecular formula is C38H40BrNO. The van der Waals surface area contributed by atoms with Crippen LogP contribution in [0.3, 0.4) is 0 Å². The molecule has 0 amide bonds. The fourth-order valence-corrected chi connectivity index (χ4v) is 6.74. The minimum Gasteiger partial charge on any atom is -0.497 e. The van der Waals surface area contributed by atoms with Crippen LogP contribution in [0, 0.1) is 6.92 Å². The quantitative estimate of drug-likeness (QED) is 0.146. The van der Waals surface area contributed by atoms with Crippen molar-refractivity contribution < 1.29 is 4.74 Å². The second-order valence-corrected chi connectivity index (χ2v) is 12.5. The summed E-state index contributed by atoms with van der Waals surface area (Å²) in [6.45, 7) is 13.8. The molecule has 210 valence electrons. The van der Waals surface area contributed by atoms with Gasteiger partial charge in [-0.3, -0.25) is 0 Å². The molecule has 0 aliphatic carbocycles. The van der Waals surface area contributed by atoms with Crippen LogP contribution in [0.4, 0.5) is 5.69 Å². The number of alkyl halides is 1. The molecular weight excluding hydrogens is 566 g/mol. The second kappa shape index (κ2) is 11.4. The fourth-order valence-electron chi connectivity index (χ4n) is 6.37. The van der Waals surface area contributed by atoms with Crippen LogP contribution in [-0.4, -0.2) is 14.2 Å². The standard InChI is InChI=1S/C38H40BrNO/c1-26-21-30-12-8-9-13-31(30)22-33(26)38(5,24-28-15-17-29(25-39)18-16-28)27(2)11-10-14-36-37(3,4)34-23-32(41-7)19-20-35(34)40(36)6/h8-23H,2,24-25H2,1,3-7H3/b11-10+,36-14+. The molecule has 1 atom stereocenters. The smallest absolute Gasteiger partial charge is 0.119 e. The maximum Gasteiger partial charge on any atom is 0.119 e. The number of methoxy groups -OCH3 is 1. The second-order valence-electron chi connectivity index (χ2n) is 12.0. The summed E-state index contributed by atoms with van der Waals surface area (Å²) in [6.07, 6.45) is 7.50. The Labute approximate surface area is 254 Å². The van der Waals surface area contributed by atoms with Gasteiger partial charge >= 0.3 is 0 Å². The third-order valence-electron chi connectivity index (χ3n) is 8.92. The first-order valence-corrected chi connectivity index (χ1v) is 15.3. The molecule has 0 radical (unpaired) electrons. The van der Waals surface area contributed by atoms with E-state index in [1.165, 1.54) is 50.0 Å². The zero-order valence-electron chi connectivity index (χ0n) is 25.1. The first-order chi connectivity index (χ1) is 19.6. The van der Waals surface area contributed by atoms with E-state index in [0.29, 0.717) is 0 Å². The molecule has 4 aromatic rings. The molecule has 1 aliphatic rings. The number of hydrogen-bond acceptors (Lipinski definition) is 2. The van der Waals surface area contributed by atoms with E-state index < -0.39 is 0 Å². The summed E-state index contributed by atoms with van der Waals surface area (Å²) in [7, 11) is 3.87. The van der Waals surface area contributed by atoms with E-state index in [1.807, 2.05) is 6.07 Å². The molecule has 4 aromatic carbocycles. The van der Waals surface area contributed by atoms with Crippen LogP contribution in [0.2, 0.25) is 0 Å². The zero-order chi connectivity index (χ0) is 29.4. The Kier molecular flexibility index (Phi) is 8.03. The van der Waals surface area contributed by atoms with E-state index in [-0.39, 0.29) is 10.8 Å². The number of hydrogen-bond donors (Lipinski definition) is 0. The van der Waals surface area contributed by atoms with Gasteiger partial charge in [-0.2, -0.15) is 0 Å². The normalized spacial score (nSPS) is 16.8. The average molecular weight is 607 g/mol. The minimum atomic E-state index is -0.285. The van der Waals surface area contributed by atoms with E-state index in [4.69, 9.17) is 4.74 Å². The monoisotopic (exact) mass is 605 g/mol. The number of nitrogens with zero attached hydrogens (tertiary/aromatic N) is 1. The Bertz CT molecular complexity index is 1660. The van der Waals surface area contributed by atoms with E-state index in [9.17, 15) is 0 Å². The van der Waals surface area contributed by atoms with Crippen LogP contribution >= 0.6 is 15.9 Å². The van der Waals surface area contributed by atoms with Gasteiger partial charge in [-0.05, 0) is 87.8 Å². The molecule has 3 heteroatoms. The summed E-state index contributed by atoms with van der Waals surface area (Å²) in [4.78, 5) is 2.29. The van der Waals surface area contributed by atoms with Crippen LogP contribution < -0.4 is 9.64 Å². The highest BCUT2D eigenvalue weighted by atomic mass is 79.9. The lowest BCUT2D eigenvalue weighted by atomic mass is 9.70. The number of allylic oxidation sites excluding steroid dienone is 5. The SMILES string of the molecule is C=C(/C=C/C=C1/N(C)c2ccc(OC)cc2C1(C)C)C(C)(Cc1ccc(CBr)cc1)c1cc2ccccc2cc1C. The third-order valence-corrected chi connectivity index (χ3v) is 9.57. The molecule has 2 nitrogen and oxygen atoms in total. The van der Waals surface area contributed by atoms with Gasteiger partial charge in [-0.15, -0.1) is 0 Å². The topological polar surface area (TPSA) is 12.5 Å². The van der Waals surface area contributed by atoms with Crippen molar-refractivity contribution in [3.8, 4) is 5.75 Å². The molecule has 0 spiro atoms. The van der Waals surface area contributed by atoms with E-state index >= 15 is 0 Å². The van der Waals surface area contributed by atoms with Gasteiger partial charge in [0.25, 0.3) is 0 Å². The van der Waals surface area contributed by atoms with Crippen LogP contribution in [0.25, 0.3) is 10.8 Å². The summed E-state index contributed by atoms with van der Waals surface area (Å²) < 4.78 is 5.53. The molecule has 1 unspecified atom stereocenters. The van der Waals surface area contributed by atoms with Crippen molar-refractivity contribution in [2.24, 2.45) is 0 Å². The first-order valence-electron chi connectivity index (χ1n) is 14.2. The Balaban J connectivity index is 1.53. The van der Waals surface area contributed by atoms with Crippen LogP contribution in [-0.2, 0) is 22.6 Å². The number of benzene rings is 4. The number of ether oxygens (including phenoxy) is 1. The number of fused-ring (bicyclic) bond motifs is 2. The highest BCUT2D eigenvalue weighted by Crippen LogP contribution is 2.48.